The SMILES string of the molecule is COC.Cc1cccc2c1N1C(=C3C=Cc4ccccc4N3C1C)C=C2.Cc1cccc2c1N1C(=C3Cc4ccccc4N3C1C)C2.Cc1cccc2c1N1C(=C3c4ccccc4-c4ccccc4N3C1C)c1ccccc1-2.Cc1cccc2c1N1c3c(ccc4c3N(c3ccccc3C4)C1C)C2.O=CO.[CH2-]C1=C([CH2-])N(c2[c-]cccc2C)C(C)N1c1[c-]cccc1.[Y].[Y]. The van der Waals surface area contributed by atoms with Crippen LogP contribution in [0.15, 0.2) is 319 Å². The molecule has 0 aliphatic carbocycles. The number of para-hydroxylation sites is 10. The number of aryl methyl sites for hydroxylation is 5. The Hall–Kier alpha value is -12.3. The summed E-state index contributed by atoms with van der Waals surface area (Å²) in [6, 6.07) is 105. The number of anilines is 12. The van der Waals surface area contributed by atoms with Gasteiger partial charge in [-0.15, -0.1) is 11.6 Å². The Morgan fingerprint density at radius 3 is 1.37 bits per heavy atom. The number of carbonyl (C=O) groups is 1. The van der Waals surface area contributed by atoms with Gasteiger partial charge < -0.3 is 72.7 Å². The molecule has 13 heterocycles. The first-order valence-electron chi connectivity index (χ1n) is 44.3. The molecule has 1 N–H and O–H groups in total. The van der Waals surface area contributed by atoms with E-state index in [4.69, 9.17) is 9.90 Å². The van der Waals surface area contributed by atoms with Crippen molar-refractivity contribution in [3.05, 3.63) is 429 Å². The van der Waals surface area contributed by atoms with Crippen molar-refractivity contribution in [1.29, 1.82) is 0 Å². The number of carboxylic acid groups (broad SMARTS) is 1. The second-order valence-corrected chi connectivity index (χ2v) is 34.6. The Morgan fingerprint density at radius 2 is 0.721 bits per heavy atom. The topological polar surface area (TPSA) is 78.9 Å². The van der Waals surface area contributed by atoms with E-state index in [9.17, 15) is 0 Å². The minimum Gasteiger partial charge on any atom is -0.483 e. The molecule has 13 aromatic rings. The Balaban J connectivity index is 0.000000107. The van der Waals surface area contributed by atoms with Gasteiger partial charge in [0.25, 0.3) is 6.47 Å². The molecule has 13 aromatic carbocycles. The fourth-order valence-electron chi connectivity index (χ4n) is 22.2. The van der Waals surface area contributed by atoms with Crippen molar-refractivity contribution in [2.24, 2.45) is 0 Å². The van der Waals surface area contributed by atoms with E-state index < -0.39 is 0 Å². The number of hydrogen-bond acceptors (Lipinski definition) is 12. The number of fused-ring (bicyclic) bond motifs is 28. The van der Waals surface area contributed by atoms with Crippen LogP contribution in [0.1, 0.15) is 118 Å². The van der Waals surface area contributed by atoms with Crippen molar-refractivity contribution in [2.45, 2.75) is 126 Å². The van der Waals surface area contributed by atoms with Crippen LogP contribution in [0.5, 0.6) is 0 Å². The molecule has 0 bridgehead atoms. The van der Waals surface area contributed by atoms with Gasteiger partial charge in [-0.2, -0.15) is 48.5 Å². The number of allylic oxidation sites excluding steroid dienone is 6. The number of hydrogen-bond donors (Lipinski definition) is 1. The third-order valence-electron chi connectivity index (χ3n) is 27.3. The molecule has 5 atom stereocenters. The molecule has 0 spiro atoms. The number of benzene rings is 13. The van der Waals surface area contributed by atoms with Gasteiger partial charge in [0.2, 0.25) is 0 Å². The van der Waals surface area contributed by atoms with Crippen LogP contribution in [0.3, 0.4) is 0 Å². The summed E-state index contributed by atoms with van der Waals surface area (Å²) in [6.07, 6.45) is 14.5. The van der Waals surface area contributed by atoms with E-state index >= 15 is 0 Å². The maximum absolute atomic E-state index is 8.36. The smallest absolute Gasteiger partial charge is 0.290 e. The molecule has 15 heteroatoms. The molecule has 13 aliphatic heterocycles. The van der Waals surface area contributed by atoms with Gasteiger partial charge in [-0.1, -0.05) is 237 Å². The summed E-state index contributed by atoms with van der Waals surface area (Å²) in [5.41, 5.74) is 51.8. The van der Waals surface area contributed by atoms with Crippen molar-refractivity contribution in [3.63, 3.8) is 0 Å². The molecular weight excluding hydrogens is 1740 g/mol. The van der Waals surface area contributed by atoms with Crippen LogP contribution < -0.4 is 49.0 Å². The molecule has 0 saturated carbocycles. The summed E-state index contributed by atoms with van der Waals surface area (Å²) < 4.78 is 4.25. The minimum atomic E-state index is -0.250. The van der Waals surface area contributed by atoms with E-state index in [1.165, 1.54) is 197 Å². The Labute approximate surface area is 811 Å². The van der Waals surface area contributed by atoms with Gasteiger partial charge in [-0.05, 0) is 177 Å². The van der Waals surface area contributed by atoms with Gasteiger partial charge in [-0.3, -0.25) is 16.2 Å². The van der Waals surface area contributed by atoms with Gasteiger partial charge in [0.15, 0.2) is 0 Å². The first kappa shape index (κ1) is 87.4. The number of rotatable bonds is 2. The van der Waals surface area contributed by atoms with Gasteiger partial charge in [0, 0.05) is 162 Å². The molecule has 13 nitrogen and oxygen atoms in total. The third kappa shape index (κ3) is 14.3. The Kier molecular flexibility index (Phi) is 24.1. The van der Waals surface area contributed by atoms with Crippen molar-refractivity contribution in [2.75, 3.05) is 63.2 Å². The average Bonchev–Trinajstić information content (AvgIpc) is 1.55. The second-order valence-electron chi connectivity index (χ2n) is 34.6. The minimum absolute atomic E-state index is 0. The van der Waals surface area contributed by atoms with Gasteiger partial charge in [0.05, 0.1) is 63.1 Å². The van der Waals surface area contributed by atoms with Gasteiger partial charge in [-0.25, -0.2) is 0 Å². The van der Waals surface area contributed by atoms with E-state index in [-0.39, 0.29) is 90.4 Å². The van der Waals surface area contributed by atoms with Crippen LogP contribution in [-0.4, -0.2) is 56.6 Å². The fourth-order valence-corrected chi connectivity index (χ4v) is 22.2. The molecule has 5 unspecified atom stereocenters. The van der Waals surface area contributed by atoms with Crippen LogP contribution in [0, 0.1) is 60.6 Å². The summed E-state index contributed by atoms with van der Waals surface area (Å²) in [5.74, 6) is 0. The molecule has 0 amide bonds. The van der Waals surface area contributed by atoms with Crippen LogP contribution in [0.4, 0.5) is 68.2 Å². The molecule has 0 fully saturated rings. The van der Waals surface area contributed by atoms with Crippen molar-refractivity contribution in [1.82, 2.24) is 0 Å². The summed E-state index contributed by atoms with van der Waals surface area (Å²) in [5, 5.41) is 6.89. The molecule has 638 valence electrons. The zero-order chi connectivity index (χ0) is 87.5. The maximum Gasteiger partial charge on any atom is 0.290 e. The average molecular weight is 1840 g/mol. The number of ether oxygens (including phenoxy) is 1. The molecule has 0 saturated heterocycles. The standard InChI is InChI=1S/C29H22N2.C23H20N2.C21H18N2.2C19H18N2.C2H6O.CH2O2.2Y/c1-18-10-9-16-23-21-12-4-6-15-25(21)29-28-24-14-5-3-11-20(24)22-13-7-8-17-26(22)30(28)19(2)31(29)27(18)23;1-14-6-5-8-17-13-19-11-10-18-12-16-7-3-4-9-20(16)24-15(2)25(21(14)17)23(19)22(18)24;1-14-6-5-8-17-11-13-20-19-12-10-16-7-3-4-9-18(16)22(19)15(2)23(20)21(14)17;1-12-6-5-8-15-11-18-17-10-14-7-3-4-9-16(14)20(17)13(2)21(18)19(12)15;1-14-10-8-9-13-19(14)21-16(3)15(2)20(17(21)4)18-11-6-5-7-12-18;1-3-2;2-1-3;;/h3-17,19H,1-2H3;3-11,15H,12-13H2,1-2H3;3-13,15H,1-2H3;3-9,13H,10-11H2,1-2H3;5-11,17H,2-3H2,1,4H3;1-2H3;1H,(H,2,3);;/q;;;;-4;;;;. The van der Waals surface area contributed by atoms with E-state index in [2.05, 4.69) is 410 Å². The third-order valence-corrected chi connectivity index (χ3v) is 27.3. The Morgan fingerprint density at radius 1 is 0.318 bits per heavy atom. The molecular formula is C114H104N10O3Y2-4. The molecule has 13 aliphatic rings. The predicted molar refractivity (Wildman–Crippen MR) is 526 cm³/mol. The van der Waals surface area contributed by atoms with Crippen molar-refractivity contribution >= 4 is 98.3 Å². The van der Waals surface area contributed by atoms with Gasteiger partial charge in [0.1, 0.15) is 24.7 Å². The van der Waals surface area contributed by atoms with E-state index in [0.717, 1.165) is 48.5 Å². The summed E-state index contributed by atoms with van der Waals surface area (Å²) in [4.78, 5) is 33.0. The summed E-state index contributed by atoms with van der Waals surface area (Å²) in [6.45, 7) is 30.6. The summed E-state index contributed by atoms with van der Waals surface area (Å²) in [7, 11) is 3.25. The predicted octanol–water partition coefficient (Wildman–Crippen LogP) is 25.6. The van der Waals surface area contributed by atoms with E-state index in [1.807, 2.05) is 36.4 Å². The Bertz CT molecular complexity index is 6820. The zero-order valence-corrected chi connectivity index (χ0v) is 81.1. The second kappa shape index (κ2) is 35.6. The first-order chi connectivity index (χ1) is 61.9. The maximum atomic E-state index is 8.36. The van der Waals surface area contributed by atoms with Crippen LogP contribution in [0.25, 0.3) is 45.8 Å². The van der Waals surface area contributed by atoms with E-state index in [0.29, 0.717) is 12.3 Å². The monoisotopic (exact) mass is 1840 g/mol. The van der Waals surface area contributed by atoms with Crippen molar-refractivity contribution in [3.8, 4) is 22.3 Å². The first-order valence-corrected chi connectivity index (χ1v) is 44.3. The molecule has 2 radical (unpaired) electrons. The van der Waals surface area contributed by atoms with E-state index in [1.54, 1.807) is 14.2 Å². The number of methoxy groups -OCH3 is 1. The zero-order valence-electron chi connectivity index (χ0n) is 75.4. The van der Waals surface area contributed by atoms with Gasteiger partial charge >= 0.3 is 0 Å². The fraction of sp³-hybridized carbons (Fsp3) is 0.184. The molecule has 129 heavy (non-hydrogen) atoms. The van der Waals surface area contributed by atoms with Crippen LogP contribution >= 0.6 is 0 Å². The molecule has 26 rings (SSSR count). The largest absolute Gasteiger partial charge is 0.483 e. The quantitative estimate of drug-likeness (QED) is 0.132. The number of nitrogens with zero attached hydrogens (tertiary/aromatic N) is 10. The normalized spacial score (nSPS) is 18.2. The summed E-state index contributed by atoms with van der Waals surface area (Å²) >= 11 is 0. The van der Waals surface area contributed by atoms with Crippen molar-refractivity contribution < 1.29 is 80.1 Å². The van der Waals surface area contributed by atoms with Crippen LogP contribution in [0.2, 0.25) is 0 Å². The molecule has 0 aromatic heterocycles. The van der Waals surface area contributed by atoms with Crippen LogP contribution in [-0.2, 0) is 101 Å².